The third kappa shape index (κ3) is 6.64. The first kappa shape index (κ1) is 21.4. The predicted molar refractivity (Wildman–Crippen MR) is 118 cm³/mol. The zero-order chi connectivity index (χ0) is 20.4. The molecule has 1 aromatic carbocycles. The molecule has 0 amide bonds. The largest absolute Gasteiger partial charge is 0.469 e. The van der Waals surface area contributed by atoms with Crippen molar-refractivity contribution in [2.24, 2.45) is 10.4 Å². The highest BCUT2D eigenvalue weighted by atomic mass is 16.5. The number of hydrogen-bond donors (Lipinski definition) is 2. The molecule has 1 unspecified atom stereocenters. The number of furan rings is 1. The first-order valence-electron chi connectivity index (χ1n) is 10.8. The summed E-state index contributed by atoms with van der Waals surface area (Å²) in [6.45, 7) is 4.61. The van der Waals surface area contributed by atoms with Crippen LogP contribution in [0.1, 0.15) is 56.4 Å². The molecule has 1 aliphatic carbocycles. The minimum atomic E-state index is 0.185. The van der Waals surface area contributed by atoms with Crippen LogP contribution in [0.4, 0.5) is 0 Å². The Kier molecular flexibility index (Phi) is 8.17. The average molecular weight is 398 g/mol. The molecule has 158 valence electrons. The fourth-order valence-electron chi connectivity index (χ4n) is 4.12. The summed E-state index contributed by atoms with van der Waals surface area (Å²) in [6, 6.07) is 14.6. The van der Waals surface area contributed by atoms with E-state index in [4.69, 9.17) is 14.1 Å². The molecule has 3 rings (SSSR count). The van der Waals surface area contributed by atoms with E-state index < -0.39 is 0 Å². The van der Waals surface area contributed by atoms with E-state index in [9.17, 15) is 0 Å². The highest BCUT2D eigenvalue weighted by Gasteiger charge is 2.33. The van der Waals surface area contributed by atoms with Gasteiger partial charge in [-0.05, 0) is 49.3 Å². The molecule has 0 bridgehead atoms. The van der Waals surface area contributed by atoms with Gasteiger partial charge in [-0.1, -0.05) is 43.2 Å². The molecule has 29 heavy (non-hydrogen) atoms. The van der Waals surface area contributed by atoms with Gasteiger partial charge in [-0.2, -0.15) is 0 Å². The van der Waals surface area contributed by atoms with E-state index in [1.807, 2.05) is 18.2 Å². The Morgan fingerprint density at radius 3 is 2.66 bits per heavy atom. The van der Waals surface area contributed by atoms with Crippen molar-refractivity contribution in [2.45, 2.75) is 51.5 Å². The summed E-state index contributed by atoms with van der Waals surface area (Å²) in [6.07, 6.45) is 8.73. The number of methoxy groups -OCH3 is 1. The van der Waals surface area contributed by atoms with E-state index >= 15 is 0 Å². The van der Waals surface area contributed by atoms with Crippen molar-refractivity contribution in [3.8, 4) is 0 Å². The lowest BCUT2D eigenvalue weighted by molar-refractivity contribution is 0.141. The Bertz CT molecular complexity index is 722. The van der Waals surface area contributed by atoms with E-state index in [2.05, 4.69) is 41.8 Å². The number of nitrogens with one attached hydrogen (secondary N) is 2. The second-order valence-electron chi connectivity index (χ2n) is 8.15. The lowest BCUT2D eigenvalue weighted by atomic mass is 9.83. The quantitative estimate of drug-likeness (QED) is 0.450. The van der Waals surface area contributed by atoms with Gasteiger partial charge in [0.15, 0.2) is 5.96 Å². The molecule has 1 atom stereocenters. The van der Waals surface area contributed by atoms with E-state index in [1.165, 1.54) is 31.2 Å². The van der Waals surface area contributed by atoms with Crippen molar-refractivity contribution in [3.05, 3.63) is 60.1 Å². The average Bonchev–Trinajstić information content (AvgIpc) is 3.44. The molecule has 1 saturated carbocycles. The van der Waals surface area contributed by atoms with Crippen LogP contribution in [-0.2, 0) is 11.2 Å². The van der Waals surface area contributed by atoms with Gasteiger partial charge in [0.2, 0.25) is 0 Å². The third-order valence-corrected chi connectivity index (χ3v) is 5.97. The van der Waals surface area contributed by atoms with Crippen LogP contribution < -0.4 is 10.6 Å². The molecule has 0 spiro atoms. The van der Waals surface area contributed by atoms with Gasteiger partial charge >= 0.3 is 0 Å². The SMILES string of the molecule is COCCC1(CN=C(NCCc2ccco2)NC(C)c2ccccc2)CCCC1. The van der Waals surface area contributed by atoms with Crippen LogP contribution in [0.25, 0.3) is 0 Å². The van der Waals surface area contributed by atoms with Gasteiger partial charge in [0.1, 0.15) is 5.76 Å². The van der Waals surface area contributed by atoms with Crippen LogP contribution in [-0.4, -0.2) is 32.8 Å². The Labute approximate surface area is 174 Å². The van der Waals surface area contributed by atoms with Crippen LogP contribution in [0.3, 0.4) is 0 Å². The lowest BCUT2D eigenvalue weighted by Gasteiger charge is -2.28. The summed E-state index contributed by atoms with van der Waals surface area (Å²) in [4.78, 5) is 5.02. The monoisotopic (exact) mass is 397 g/mol. The number of rotatable bonds is 10. The second-order valence-corrected chi connectivity index (χ2v) is 8.15. The van der Waals surface area contributed by atoms with Crippen molar-refractivity contribution < 1.29 is 9.15 Å². The molecule has 1 heterocycles. The van der Waals surface area contributed by atoms with E-state index in [0.717, 1.165) is 44.3 Å². The van der Waals surface area contributed by atoms with Gasteiger partial charge in [0.25, 0.3) is 0 Å². The molecular weight excluding hydrogens is 362 g/mol. The molecule has 0 saturated heterocycles. The summed E-state index contributed by atoms with van der Waals surface area (Å²) < 4.78 is 10.8. The van der Waals surface area contributed by atoms with Crippen molar-refractivity contribution in [1.82, 2.24) is 10.6 Å². The van der Waals surface area contributed by atoms with Gasteiger partial charge in [0.05, 0.1) is 12.3 Å². The van der Waals surface area contributed by atoms with Gasteiger partial charge in [-0.3, -0.25) is 4.99 Å². The number of aliphatic imine (C=N–C) groups is 1. The van der Waals surface area contributed by atoms with Crippen LogP contribution in [0.15, 0.2) is 58.1 Å². The van der Waals surface area contributed by atoms with E-state index in [-0.39, 0.29) is 11.5 Å². The summed E-state index contributed by atoms with van der Waals surface area (Å²) in [7, 11) is 1.79. The maximum atomic E-state index is 5.45. The maximum Gasteiger partial charge on any atom is 0.191 e. The summed E-state index contributed by atoms with van der Waals surface area (Å²) in [5.74, 6) is 1.86. The number of benzene rings is 1. The number of nitrogens with zero attached hydrogens (tertiary/aromatic N) is 1. The van der Waals surface area contributed by atoms with Crippen molar-refractivity contribution in [2.75, 3.05) is 26.8 Å². The van der Waals surface area contributed by atoms with E-state index in [1.54, 1.807) is 13.4 Å². The molecule has 0 aliphatic heterocycles. The van der Waals surface area contributed by atoms with Crippen molar-refractivity contribution >= 4 is 5.96 Å². The predicted octanol–water partition coefficient (Wildman–Crippen LogP) is 4.72. The molecule has 5 heteroatoms. The molecule has 2 N–H and O–H groups in total. The molecule has 1 fully saturated rings. The molecule has 0 radical (unpaired) electrons. The third-order valence-electron chi connectivity index (χ3n) is 5.97. The Balaban J connectivity index is 1.65. The second kappa shape index (κ2) is 11.1. The first-order chi connectivity index (χ1) is 14.2. The maximum absolute atomic E-state index is 5.45. The van der Waals surface area contributed by atoms with Gasteiger partial charge in [-0.15, -0.1) is 0 Å². The molecule has 1 aliphatic rings. The van der Waals surface area contributed by atoms with Gasteiger partial charge in [0, 0.05) is 33.2 Å². The molecule has 2 aromatic rings. The van der Waals surface area contributed by atoms with Crippen LogP contribution in [0.2, 0.25) is 0 Å². The Morgan fingerprint density at radius 2 is 1.97 bits per heavy atom. The minimum Gasteiger partial charge on any atom is -0.469 e. The molecule has 5 nitrogen and oxygen atoms in total. The van der Waals surface area contributed by atoms with Crippen LogP contribution in [0.5, 0.6) is 0 Å². The van der Waals surface area contributed by atoms with Gasteiger partial charge < -0.3 is 19.8 Å². The smallest absolute Gasteiger partial charge is 0.191 e. The van der Waals surface area contributed by atoms with Crippen molar-refractivity contribution in [1.29, 1.82) is 0 Å². The zero-order valence-electron chi connectivity index (χ0n) is 17.8. The first-order valence-corrected chi connectivity index (χ1v) is 10.8. The summed E-state index contributed by atoms with van der Waals surface area (Å²) in [5.41, 5.74) is 1.53. The zero-order valence-corrected chi connectivity index (χ0v) is 17.8. The minimum absolute atomic E-state index is 0.185. The summed E-state index contributed by atoms with van der Waals surface area (Å²) >= 11 is 0. The molecular formula is C24H35N3O2. The topological polar surface area (TPSA) is 58.8 Å². The number of guanidine groups is 1. The van der Waals surface area contributed by atoms with E-state index in [0.29, 0.717) is 0 Å². The van der Waals surface area contributed by atoms with Crippen molar-refractivity contribution in [3.63, 3.8) is 0 Å². The van der Waals surface area contributed by atoms with Gasteiger partial charge in [-0.25, -0.2) is 0 Å². The highest BCUT2D eigenvalue weighted by Crippen LogP contribution is 2.41. The van der Waals surface area contributed by atoms with Crippen LogP contribution in [0, 0.1) is 5.41 Å². The number of ether oxygens (including phenoxy) is 1. The fourth-order valence-corrected chi connectivity index (χ4v) is 4.12. The van der Waals surface area contributed by atoms with Crippen LogP contribution >= 0.6 is 0 Å². The highest BCUT2D eigenvalue weighted by molar-refractivity contribution is 5.80. The Hall–Kier alpha value is -2.27. The Morgan fingerprint density at radius 1 is 1.17 bits per heavy atom. The summed E-state index contributed by atoms with van der Waals surface area (Å²) in [5, 5.41) is 7.09. The molecule has 1 aromatic heterocycles. The normalized spacial score (nSPS) is 17.2. The standard InChI is InChI=1S/C24H35N3O2/c1-20(21-9-4-3-5-10-21)27-23(25-16-12-22-11-8-17-29-22)26-19-24(15-18-28-2)13-6-7-14-24/h3-5,8-11,17,20H,6-7,12-16,18-19H2,1-2H3,(H2,25,26,27). The lowest BCUT2D eigenvalue weighted by Crippen LogP contribution is -2.40. The number of hydrogen-bond acceptors (Lipinski definition) is 3. The fraction of sp³-hybridized carbons (Fsp3) is 0.542.